The summed E-state index contributed by atoms with van der Waals surface area (Å²) < 4.78 is 0.798. The van der Waals surface area contributed by atoms with Crippen LogP contribution in [0.2, 0.25) is 0 Å². The molecule has 2 rings (SSSR count). The van der Waals surface area contributed by atoms with Crippen molar-refractivity contribution in [3.8, 4) is 0 Å². The summed E-state index contributed by atoms with van der Waals surface area (Å²) >= 11 is 0. The first-order chi connectivity index (χ1) is 9.83. The number of nitrogen functional groups attached to an aromatic ring is 1. The van der Waals surface area contributed by atoms with Crippen LogP contribution in [-0.4, -0.2) is 81.0 Å². The van der Waals surface area contributed by atoms with Gasteiger partial charge in [-0.05, 0) is 24.3 Å². The largest absolute Gasteiger partial charge is 1.00 e. The summed E-state index contributed by atoms with van der Waals surface area (Å²) in [5.74, 6) is 0. The Hall–Kier alpha value is -1.01. The lowest BCUT2D eigenvalue weighted by atomic mass is 10.2. The highest BCUT2D eigenvalue weighted by Gasteiger charge is 2.22. The van der Waals surface area contributed by atoms with Crippen LogP contribution < -0.4 is 23.0 Å². The van der Waals surface area contributed by atoms with Crippen LogP contribution in [0.4, 0.5) is 11.4 Å². The molecule has 1 heterocycles. The maximum atomic E-state index is 10.2. The molecule has 1 aromatic carbocycles. The highest BCUT2D eigenvalue weighted by atomic mass is 35.5. The number of rotatable bonds is 5. The number of halogens is 1. The average Bonchev–Trinajstić information content (AvgIpc) is 2.38. The van der Waals surface area contributed by atoms with Crippen molar-refractivity contribution in [2.45, 2.75) is 6.10 Å². The van der Waals surface area contributed by atoms with E-state index in [2.05, 4.69) is 43.1 Å². The maximum absolute atomic E-state index is 10.2. The Bertz CT molecular complexity index is 438. The zero-order valence-corrected chi connectivity index (χ0v) is 14.6. The van der Waals surface area contributed by atoms with E-state index in [1.807, 2.05) is 12.1 Å². The minimum absolute atomic E-state index is 0. The number of hydrogen-bond acceptors (Lipinski definition) is 4. The summed E-state index contributed by atoms with van der Waals surface area (Å²) in [5.41, 5.74) is 7.77. The molecule has 1 aromatic rings. The van der Waals surface area contributed by atoms with Crippen LogP contribution in [0.3, 0.4) is 0 Å². The molecule has 0 saturated carbocycles. The lowest BCUT2D eigenvalue weighted by Gasteiger charge is -2.37. The van der Waals surface area contributed by atoms with Crippen molar-refractivity contribution in [2.24, 2.45) is 0 Å². The van der Waals surface area contributed by atoms with Crippen LogP contribution in [0.25, 0.3) is 0 Å². The lowest BCUT2D eigenvalue weighted by molar-refractivity contribution is -0.873. The fraction of sp³-hybridized carbons (Fsp3) is 0.625. The molecule has 0 aliphatic carbocycles. The highest BCUT2D eigenvalue weighted by molar-refractivity contribution is 5.53. The van der Waals surface area contributed by atoms with Crippen molar-refractivity contribution in [3.63, 3.8) is 0 Å². The number of piperazine rings is 1. The van der Waals surface area contributed by atoms with Gasteiger partial charge in [0.05, 0.1) is 21.1 Å². The Kier molecular flexibility index (Phi) is 6.94. The Morgan fingerprint density at radius 3 is 2.14 bits per heavy atom. The zero-order chi connectivity index (χ0) is 15.5. The van der Waals surface area contributed by atoms with Gasteiger partial charge in [-0.15, -0.1) is 0 Å². The summed E-state index contributed by atoms with van der Waals surface area (Å²) in [6, 6.07) is 8.06. The van der Waals surface area contributed by atoms with E-state index in [0.717, 1.165) is 49.4 Å². The summed E-state index contributed by atoms with van der Waals surface area (Å²) in [7, 11) is 6.34. The molecule has 6 heteroatoms. The zero-order valence-electron chi connectivity index (χ0n) is 13.9. The lowest BCUT2D eigenvalue weighted by Crippen LogP contribution is -3.00. The number of nitrogens with zero attached hydrogens (tertiary/aromatic N) is 3. The van der Waals surface area contributed by atoms with Crippen molar-refractivity contribution < 1.29 is 22.0 Å². The number of nitrogens with two attached hydrogens (primary N) is 1. The Morgan fingerprint density at radius 2 is 1.64 bits per heavy atom. The molecule has 0 radical (unpaired) electrons. The third-order valence-electron chi connectivity index (χ3n) is 3.86. The van der Waals surface area contributed by atoms with Crippen molar-refractivity contribution >= 4 is 11.4 Å². The monoisotopic (exact) mass is 328 g/mol. The van der Waals surface area contributed by atoms with Gasteiger partial charge in [0.1, 0.15) is 12.6 Å². The molecule has 5 nitrogen and oxygen atoms in total. The van der Waals surface area contributed by atoms with E-state index < -0.39 is 0 Å². The molecule has 0 bridgehead atoms. The topological polar surface area (TPSA) is 52.7 Å². The Balaban J connectivity index is 0.00000242. The first-order valence-electron chi connectivity index (χ1n) is 7.65. The van der Waals surface area contributed by atoms with Gasteiger partial charge in [-0.1, -0.05) is 0 Å². The molecular formula is C16H29ClN4O. The van der Waals surface area contributed by atoms with E-state index in [4.69, 9.17) is 5.73 Å². The van der Waals surface area contributed by atoms with Gasteiger partial charge in [-0.3, -0.25) is 4.90 Å². The van der Waals surface area contributed by atoms with E-state index >= 15 is 0 Å². The van der Waals surface area contributed by atoms with Crippen LogP contribution in [0.5, 0.6) is 0 Å². The van der Waals surface area contributed by atoms with Gasteiger partial charge in [0, 0.05) is 44.1 Å². The first-order valence-corrected chi connectivity index (χ1v) is 7.65. The Morgan fingerprint density at radius 1 is 1.09 bits per heavy atom. The third kappa shape index (κ3) is 6.01. The number of quaternary nitrogens is 1. The van der Waals surface area contributed by atoms with Crippen LogP contribution in [0, 0.1) is 0 Å². The second-order valence-corrected chi connectivity index (χ2v) is 7.01. The summed E-state index contributed by atoms with van der Waals surface area (Å²) in [5, 5.41) is 10.2. The summed E-state index contributed by atoms with van der Waals surface area (Å²) in [4.78, 5) is 4.73. The number of hydrogen-bond donors (Lipinski definition) is 2. The molecule has 1 aliphatic rings. The molecular weight excluding hydrogens is 300 g/mol. The normalized spacial score (nSPS) is 17.9. The number of likely N-dealkylation sites (N-methyl/N-ethyl adjacent to an activating group) is 1. The predicted octanol–water partition coefficient (Wildman–Crippen LogP) is -2.54. The molecule has 22 heavy (non-hydrogen) atoms. The molecule has 1 fully saturated rings. The van der Waals surface area contributed by atoms with E-state index in [0.29, 0.717) is 0 Å². The van der Waals surface area contributed by atoms with Crippen molar-refractivity contribution in [2.75, 3.05) is 71.0 Å². The van der Waals surface area contributed by atoms with Gasteiger partial charge >= 0.3 is 0 Å². The van der Waals surface area contributed by atoms with Gasteiger partial charge < -0.3 is 32.6 Å². The molecule has 1 saturated heterocycles. The minimum Gasteiger partial charge on any atom is -1.00 e. The second-order valence-electron chi connectivity index (χ2n) is 7.01. The first kappa shape index (κ1) is 19.0. The SMILES string of the molecule is C[N+](C)(C)CC(O)CN1CCN(c2ccc(N)cc2)CC1.[Cl-]. The van der Waals surface area contributed by atoms with E-state index in [1.54, 1.807) is 0 Å². The molecule has 1 atom stereocenters. The summed E-state index contributed by atoms with van der Waals surface area (Å²) in [6.45, 7) is 5.56. The standard InChI is InChI=1S/C16H29N4O.ClH/c1-20(2,3)13-16(21)12-18-8-10-19(11-9-18)15-6-4-14(17)5-7-15;/h4-7,16,21H,8-13,17H2,1-3H3;1H/q+1;/p-1. The van der Waals surface area contributed by atoms with Gasteiger partial charge in [0.15, 0.2) is 0 Å². The smallest absolute Gasteiger partial charge is 0.115 e. The third-order valence-corrected chi connectivity index (χ3v) is 3.86. The Labute approximate surface area is 140 Å². The van der Waals surface area contributed by atoms with Crippen molar-refractivity contribution in [1.29, 1.82) is 0 Å². The van der Waals surface area contributed by atoms with Crippen LogP contribution >= 0.6 is 0 Å². The van der Waals surface area contributed by atoms with Gasteiger partial charge in [-0.25, -0.2) is 0 Å². The van der Waals surface area contributed by atoms with E-state index in [9.17, 15) is 5.11 Å². The molecule has 126 valence electrons. The molecule has 0 aromatic heterocycles. The van der Waals surface area contributed by atoms with Gasteiger partial charge in [0.25, 0.3) is 0 Å². The number of β-amino-alcohol motifs (C(OH)–C–C–N with tert-alkyl or cyclic N) is 1. The quantitative estimate of drug-likeness (QED) is 0.462. The molecule has 3 N–H and O–H groups in total. The molecule has 1 unspecified atom stereocenters. The van der Waals surface area contributed by atoms with Crippen LogP contribution in [0.1, 0.15) is 0 Å². The fourth-order valence-corrected chi connectivity index (χ4v) is 2.86. The number of aliphatic hydroxyl groups excluding tert-OH is 1. The minimum atomic E-state index is -0.256. The van der Waals surface area contributed by atoms with E-state index in [1.165, 1.54) is 5.69 Å². The number of benzene rings is 1. The fourth-order valence-electron chi connectivity index (χ4n) is 2.86. The van der Waals surface area contributed by atoms with Gasteiger partial charge in [-0.2, -0.15) is 0 Å². The number of aliphatic hydroxyl groups is 1. The highest BCUT2D eigenvalue weighted by Crippen LogP contribution is 2.18. The molecule has 0 amide bonds. The molecule has 1 aliphatic heterocycles. The van der Waals surface area contributed by atoms with Crippen LogP contribution in [0.15, 0.2) is 24.3 Å². The summed E-state index contributed by atoms with van der Waals surface area (Å²) in [6.07, 6.45) is -0.256. The van der Waals surface area contributed by atoms with E-state index in [-0.39, 0.29) is 18.5 Å². The second kappa shape index (κ2) is 8.02. The van der Waals surface area contributed by atoms with Crippen molar-refractivity contribution in [3.05, 3.63) is 24.3 Å². The maximum Gasteiger partial charge on any atom is 0.115 e. The predicted molar refractivity (Wildman–Crippen MR) is 88.4 cm³/mol. The van der Waals surface area contributed by atoms with Crippen molar-refractivity contribution in [1.82, 2.24) is 4.90 Å². The number of anilines is 2. The van der Waals surface area contributed by atoms with Crippen LogP contribution in [-0.2, 0) is 0 Å². The average molecular weight is 329 g/mol. The molecule has 0 spiro atoms. The van der Waals surface area contributed by atoms with Gasteiger partial charge in [0.2, 0.25) is 0 Å².